The minimum atomic E-state index is -0.336. The molecule has 92 valence electrons. The van der Waals surface area contributed by atoms with E-state index < -0.39 is 0 Å². The van der Waals surface area contributed by atoms with Crippen LogP contribution >= 0.6 is 12.2 Å². The Morgan fingerprint density at radius 3 is 2.89 bits per heavy atom. The zero-order valence-electron chi connectivity index (χ0n) is 9.62. The second-order valence-corrected chi connectivity index (χ2v) is 4.00. The number of nitrogens with one attached hydrogen (secondary N) is 1. The SMILES string of the molecule is Cn1ncc(C(N)=S)c1NC(=O)c1ccccn1. The van der Waals surface area contributed by atoms with Crippen LogP contribution in [-0.4, -0.2) is 25.7 Å². The number of thiocarbonyl (C=S) groups is 1. The van der Waals surface area contributed by atoms with Gasteiger partial charge in [-0.3, -0.25) is 14.5 Å². The van der Waals surface area contributed by atoms with Crippen LogP contribution in [0.5, 0.6) is 0 Å². The van der Waals surface area contributed by atoms with Crippen molar-refractivity contribution in [3.63, 3.8) is 0 Å². The molecule has 3 N–H and O–H groups in total. The molecule has 0 atom stereocenters. The largest absolute Gasteiger partial charge is 0.389 e. The summed E-state index contributed by atoms with van der Waals surface area (Å²) in [6.07, 6.45) is 3.06. The van der Waals surface area contributed by atoms with Crippen LogP contribution in [0, 0.1) is 0 Å². The van der Waals surface area contributed by atoms with Gasteiger partial charge in [-0.25, -0.2) is 0 Å². The molecule has 0 saturated carbocycles. The standard InChI is InChI=1S/C11H11N5OS/c1-16-10(7(6-14-16)9(12)18)15-11(17)8-4-2-3-5-13-8/h2-6H,1H3,(H2,12,18)(H,15,17). The Bertz CT molecular complexity index is 593. The molecule has 0 bridgehead atoms. The number of hydrogen-bond acceptors (Lipinski definition) is 4. The van der Waals surface area contributed by atoms with E-state index in [1.54, 1.807) is 31.4 Å². The third-order valence-electron chi connectivity index (χ3n) is 2.33. The molecular weight excluding hydrogens is 250 g/mol. The van der Waals surface area contributed by atoms with Gasteiger partial charge >= 0.3 is 0 Å². The topological polar surface area (TPSA) is 85.8 Å². The average molecular weight is 261 g/mol. The number of carbonyl (C=O) groups excluding carboxylic acids is 1. The van der Waals surface area contributed by atoms with Crippen LogP contribution in [0.15, 0.2) is 30.6 Å². The number of rotatable bonds is 3. The van der Waals surface area contributed by atoms with Crippen LogP contribution in [0.3, 0.4) is 0 Å². The van der Waals surface area contributed by atoms with E-state index in [2.05, 4.69) is 15.4 Å². The number of carbonyl (C=O) groups is 1. The summed E-state index contributed by atoms with van der Waals surface area (Å²) in [7, 11) is 1.69. The van der Waals surface area contributed by atoms with Gasteiger partial charge in [-0.05, 0) is 12.1 Å². The first kappa shape index (κ1) is 12.2. The molecule has 1 amide bonds. The van der Waals surface area contributed by atoms with Crippen molar-refractivity contribution < 1.29 is 4.79 Å². The van der Waals surface area contributed by atoms with Crippen molar-refractivity contribution in [2.24, 2.45) is 12.8 Å². The van der Waals surface area contributed by atoms with E-state index in [0.29, 0.717) is 17.1 Å². The highest BCUT2D eigenvalue weighted by Crippen LogP contribution is 2.14. The predicted molar refractivity (Wildman–Crippen MR) is 71.3 cm³/mol. The van der Waals surface area contributed by atoms with Gasteiger partial charge in [0, 0.05) is 13.2 Å². The van der Waals surface area contributed by atoms with Crippen LogP contribution in [0.4, 0.5) is 5.82 Å². The number of amides is 1. The Morgan fingerprint density at radius 2 is 2.28 bits per heavy atom. The van der Waals surface area contributed by atoms with Gasteiger partial charge in [0.05, 0.1) is 11.8 Å². The van der Waals surface area contributed by atoms with E-state index in [1.165, 1.54) is 10.9 Å². The minimum Gasteiger partial charge on any atom is -0.389 e. The van der Waals surface area contributed by atoms with Crippen molar-refractivity contribution in [3.05, 3.63) is 41.9 Å². The van der Waals surface area contributed by atoms with Crippen LogP contribution in [-0.2, 0) is 7.05 Å². The number of aryl methyl sites for hydroxylation is 1. The van der Waals surface area contributed by atoms with Crippen molar-refractivity contribution in [1.82, 2.24) is 14.8 Å². The maximum absolute atomic E-state index is 11.9. The molecule has 2 heterocycles. The number of nitrogens with zero attached hydrogens (tertiary/aromatic N) is 3. The molecule has 0 fully saturated rings. The lowest BCUT2D eigenvalue weighted by Crippen LogP contribution is -2.19. The highest BCUT2D eigenvalue weighted by atomic mass is 32.1. The zero-order valence-corrected chi connectivity index (χ0v) is 10.4. The Kier molecular flexibility index (Phi) is 3.33. The van der Waals surface area contributed by atoms with Gasteiger partial charge in [0.25, 0.3) is 5.91 Å². The van der Waals surface area contributed by atoms with Crippen molar-refractivity contribution in [3.8, 4) is 0 Å². The maximum atomic E-state index is 11.9. The van der Waals surface area contributed by atoms with E-state index in [1.807, 2.05) is 0 Å². The lowest BCUT2D eigenvalue weighted by atomic mass is 10.3. The summed E-state index contributed by atoms with van der Waals surface area (Å²) in [5.41, 5.74) is 6.39. The van der Waals surface area contributed by atoms with Crippen LogP contribution < -0.4 is 11.1 Å². The molecule has 0 aliphatic carbocycles. The molecule has 0 unspecified atom stereocenters. The van der Waals surface area contributed by atoms with Gasteiger partial charge in [-0.1, -0.05) is 18.3 Å². The van der Waals surface area contributed by atoms with E-state index in [4.69, 9.17) is 18.0 Å². The first-order valence-electron chi connectivity index (χ1n) is 5.14. The van der Waals surface area contributed by atoms with Crippen LogP contribution in [0.1, 0.15) is 16.1 Å². The Balaban J connectivity index is 2.27. The molecular formula is C11H11N5OS. The zero-order chi connectivity index (χ0) is 13.1. The number of anilines is 1. The summed E-state index contributed by atoms with van der Waals surface area (Å²) in [5.74, 6) is 0.120. The maximum Gasteiger partial charge on any atom is 0.275 e. The van der Waals surface area contributed by atoms with Crippen molar-refractivity contribution in [2.45, 2.75) is 0 Å². The lowest BCUT2D eigenvalue weighted by Gasteiger charge is -2.07. The first-order valence-corrected chi connectivity index (χ1v) is 5.54. The van der Waals surface area contributed by atoms with Gasteiger partial charge in [-0.15, -0.1) is 0 Å². The van der Waals surface area contributed by atoms with Gasteiger partial charge in [-0.2, -0.15) is 5.10 Å². The third-order valence-corrected chi connectivity index (χ3v) is 2.55. The Morgan fingerprint density at radius 1 is 1.50 bits per heavy atom. The number of pyridine rings is 1. The predicted octanol–water partition coefficient (Wildman–Crippen LogP) is 0.702. The molecule has 2 rings (SSSR count). The lowest BCUT2D eigenvalue weighted by molar-refractivity contribution is 0.102. The molecule has 7 heteroatoms. The Labute approximate surface area is 109 Å². The summed E-state index contributed by atoms with van der Waals surface area (Å²) in [5, 5.41) is 6.69. The molecule has 6 nitrogen and oxygen atoms in total. The summed E-state index contributed by atoms with van der Waals surface area (Å²) in [4.78, 5) is 16.1. The normalized spacial score (nSPS) is 10.1. The number of aromatic nitrogens is 3. The fourth-order valence-electron chi connectivity index (χ4n) is 1.43. The van der Waals surface area contributed by atoms with Crippen molar-refractivity contribution in [1.29, 1.82) is 0 Å². The van der Waals surface area contributed by atoms with Gasteiger partial charge in [0.1, 0.15) is 16.5 Å². The Hall–Kier alpha value is -2.28. The van der Waals surface area contributed by atoms with Crippen molar-refractivity contribution in [2.75, 3.05) is 5.32 Å². The third kappa shape index (κ3) is 2.35. The molecule has 0 aromatic carbocycles. The summed E-state index contributed by atoms with van der Waals surface area (Å²) in [6, 6.07) is 5.09. The van der Waals surface area contributed by atoms with E-state index >= 15 is 0 Å². The molecule has 0 aliphatic heterocycles. The summed E-state index contributed by atoms with van der Waals surface area (Å²) >= 11 is 4.89. The second kappa shape index (κ2) is 4.92. The quantitative estimate of drug-likeness (QED) is 0.794. The van der Waals surface area contributed by atoms with Gasteiger partial charge < -0.3 is 11.1 Å². The number of hydrogen-bond donors (Lipinski definition) is 2. The fourth-order valence-corrected chi connectivity index (χ4v) is 1.58. The highest BCUT2D eigenvalue weighted by molar-refractivity contribution is 7.80. The fraction of sp³-hybridized carbons (Fsp3) is 0.0909. The highest BCUT2D eigenvalue weighted by Gasteiger charge is 2.15. The first-order chi connectivity index (χ1) is 8.59. The average Bonchev–Trinajstić information content (AvgIpc) is 2.72. The van der Waals surface area contributed by atoms with Gasteiger partial charge in [0.15, 0.2) is 0 Å². The van der Waals surface area contributed by atoms with E-state index in [-0.39, 0.29) is 10.9 Å². The van der Waals surface area contributed by atoms with E-state index in [9.17, 15) is 4.79 Å². The summed E-state index contributed by atoms with van der Waals surface area (Å²) in [6.45, 7) is 0. The number of nitrogens with two attached hydrogens (primary N) is 1. The monoisotopic (exact) mass is 261 g/mol. The molecule has 18 heavy (non-hydrogen) atoms. The summed E-state index contributed by atoms with van der Waals surface area (Å²) < 4.78 is 1.50. The van der Waals surface area contributed by atoms with Crippen molar-refractivity contribution >= 4 is 28.9 Å². The molecule has 0 saturated heterocycles. The minimum absolute atomic E-state index is 0.180. The molecule has 0 spiro atoms. The second-order valence-electron chi connectivity index (χ2n) is 3.56. The van der Waals surface area contributed by atoms with Crippen LogP contribution in [0.2, 0.25) is 0 Å². The molecule has 2 aromatic heterocycles. The van der Waals surface area contributed by atoms with E-state index in [0.717, 1.165) is 0 Å². The van der Waals surface area contributed by atoms with Crippen LogP contribution in [0.25, 0.3) is 0 Å². The molecule has 2 aromatic rings. The molecule has 0 aliphatic rings. The van der Waals surface area contributed by atoms with Gasteiger partial charge in [0.2, 0.25) is 0 Å². The molecule has 0 radical (unpaired) electrons. The smallest absolute Gasteiger partial charge is 0.275 e.